The summed E-state index contributed by atoms with van der Waals surface area (Å²) in [4.78, 5) is 2.58. The molecule has 100 valence electrons. The van der Waals surface area contributed by atoms with Crippen molar-refractivity contribution in [1.82, 2.24) is 0 Å². The van der Waals surface area contributed by atoms with E-state index in [2.05, 4.69) is 46.0 Å². The van der Waals surface area contributed by atoms with Crippen LogP contribution in [0.25, 0.3) is 0 Å². The summed E-state index contributed by atoms with van der Waals surface area (Å²) in [7, 11) is 0. The second-order valence-corrected chi connectivity index (χ2v) is 6.02. The minimum atomic E-state index is 0.615. The molecule has 2 rings (SSSR count). The van der Waals surface area contributed by atoms with Gasteiger partial charge >= 0.3 is 0 Å². The summed E-state index contributed by atoms with van der Waals surface area (Å²) in [5.41, 5.74) is 8.50. The molecule has 0 aliphatic carbocycles. The molecule has 0 radical (unpaired) electrons. The molecule has 3 heteroatoms. The average Bonchev–Trinajstić information content (AvgIpc) is 2.40. The molecule has 1 aliphatic rings. The average molecular weight is 311 g/mol. The standard InChI is InChI=1S/C15H23BrN2/c1-2-5-14-6-3-4-9-18(14)15-8-7-13(16)10-12(15)11-17/h7-8,10,14H,2-6,9,11,17H2,1H3. The summed E-state index contributed by atoms with van der Waals surface area (Å²) in [6, 6.07) is 7.22. The van der Waals surface area contributed by atoms with Crippen molar-refractivity contribution in [2.75, 3.05) is 11.4 Å². The maximum absolute atomic E-state index is 5.90. The minimum Gasteiger partial charge on any atom is -0.368 e. The minimum absolute atomic E-state index is 0.615. The fourth-order valence-corrected chi connectivity index (χ4v) is 3.36. The van der Waals surface area contributed by atoms with E-state index in [0.29, 0.717) is 12.6 Å². The Balaban J connectivity index is 2.27. The van der Waals surface area contributed by atoms with Gasteiger partial charge in [-0.3, -0.25) is 0 Å². The van der Waals surface area contributed by atoms with Gasteiger partial charge in [0.15, 0.2) is 0 Å². The van der Waals surface area contributed by atoms with Gasteiger partial charge in [0.25, 0.3) is 0 Å². The van der Waals surface area contributed by atoms with Gasteiger partial charge in [0.2, 0.25) is 0 Å². The van der Waals surface area contributed by atoms with Gasteiger partial charge in [0.1, 0.15) is 0 Å². The number of halogens is 1. The largest absolute Gasteiger partial charge is 0.368 e. The van der Waals surface area contributed by atoms with Crippen molar-refractivity contribution in [2.45, 2.75) is 51.6 Å². The number of rotatable bonds is 4. The lowest BCUT2D eigenvalue weighted by atomic mass is 9.96. The highest BCUT2D eigenvalue weighted by atomic mass is 79.9. The van der Waals surface area contributed by atoms with E-state index in [0.717, 1.165) is 4.47 Å². The Bertz CT molecular complexity index is 390. The monoisotopic (exact) mass is 310 g/mol. The van der Waals surface area contributed by atoms with E-state index >= 15 is 0 Å². The topological polar surface area (TPSA) is 29.3 Å². The van der Waals surface area contributed by atoms with Gasteiger partial charge in [-0.25, -0.2) is 0 Å². The lowest BCUT2D eigenvalue weighted by molar-refractivity contribution is 0.434. The van der Waals surface area contributed by atoms with Crippen LogP contribution in [0.4, 0.5) is 5.69 Å². The molecule has 1 aromatic carbocycles. The fraction of sp³-hybridized carbons (Fsp3) is 0.600. The second-order valence-electron chi connectivity index (χ2n) is 5.11. The van der Waals surface area contributed by atoms with Gasteiger partial charge < -0.3 is 10.6 Å². The molecule has 0 bridgehead atoms. The number of hydrogen-bond donors (Lipinski definition) is 1. The van der Waals surface area contributed by atoms with Gasteiger partial charge in [-0.05, 0) is 49.4 Å². The highest BCUT2D eigenvalue weighted by Crippen LogP contribution is 2.31. The molecule has 1 saturated heterocycles. The number of nitrogens with two attached hydrogens (primary N) is 1. The summed E-state index contributed by atoms with van der Waals surface area (Å²) in [5, 5.41) is 0. The molecular weight excluding hydrogens is 288 g/mol. The predicted octanol–water partition coefficient (Wildman–Crippen LogP) is 4.07. The Kier molecular flexibility index (Phi) is 5.07. The van der Waals surface area contributed by atoms with Gasteiger partial charge in [-0.2, -0.15) is 0 Å². The highest BCUT2D eigenvalue weighted by Gasteiger charge is 2.23. The second kappa shape index (κ2) is 6.58. The van der Waals surface area contributed by atoms with Gasteiger partial charge in [0.05, 0.1) is 0 Å². The summed E-state index contributed by atoms with van der Waals surface area (Å²) in [6.45, 7) is 4.07. The summed E-state index contributed by atoms with van der Waals surface area (Å²) >= 11 is 3.53. The Morgan fingerprint density at radius 3 is 2.94 bits per heavy atom. The third-order valence-electron chi connectivity index (χ3n) is 3.82. The van der Waals surface area contributed by atoms with Crippen molar-refractivity contribution in [2.24, 2.45) is 5.73 Å². The molecule has 2 N–H and O–H groups in total. The van der Waals surface area contributed by atoms with Crippen molar-refractivity contribution in [3.05, 3.63) is 28.2 Å². The Hall–Kier alpha value is -0.540. The van der Waals surface area contributed by atoms with E-state index in [1.807, 2.05) is 0 Å². The van der Waals surface area contributed by atoms with Crippen LogP contribution in [-0.4, -0.2) is 12.6 Å². The van der Waals surface area contributed by atoms with E-state index in [-0.39, 0.29) is 0 Å². The Morgan fingerprint density at radius 2 is 2.22 bits per heavy atom. The van der Waals surface area contributed by atoms with Crippen LogP contribution >= 0.6 is 15.9 Å². The molecule has 1 aliphatic heterocycles. The van der Waals surface area contributed by atoms with E-state index in [9.17, 15) is 0 Å². The molecule has 2 nitrogen and oxygen atoms in total. The summed E-state index contributed by atoms with van der Waals surface area (Å²) in [5.74, 6) is 0. The van der Waals surface area contributed by atoms with Gasteiger partial charge in [0, 0.05) is 29.3 Å². The number of hydrogen-bond acceptors (Lipinski definition) is 2. The number of anilines is 1. The van der Waals surface area contributed by atoms with Crippen LogP contribution in [0.5, 0.6) is 0 Å². The number of piperidine rings is 1. The van der Waals surface area contributed by atoms with Crippen LogP contribution in [0.2, 0.25) is 0 Å². The van der Waals surface area contributed by atoms with Crippen LogP contribution in [0.3, 0.4) is 0 Å². The van der Waals surface area contributed by atoms with Gasteiger partial charge in [-0.15, -0.1) is 0 Å². The summed E-state index contributed by atoms with van der Waals surface area (Å²) < 4.78 is 1.12. The van der Waals surface area contributed by atoms with Gasteiger partial charge in [-0.1, -0.05) is 29.3 Å². The maximum atomic E-state index is 5.90. The molecule has 1 heterocycles. The van der Waals surface area contributed by atoms with E-state index in [4.69, 9.17) is 5.73 Å². The number of benzene rings is 1. The van der Waals surface area contributed by atoms with Crippen LogP contribution in [-0.2, 0) is 6.54 Å². The summed E-state index contributed by atoms with van der Waals surface area (Å²) in [6.07, 6.45) is 6.56. The lowest BCUT2D eigenvalue weighted by Gasteiger charge is -2.38. The Labute approximate surface area is 119 Å². The van der Waals surface area contributed by atoms with Crippen LogP contribution in [0, 0.1) is 0 Å². The first kappa shape index (κ1) is 13.9. The zero-order valence-corrected chi connectivity index (χ0v) is 12.7. The molecule has 0 saturated carbocycles. The molecule has 1 aromatic rings. The smallest absolute Gasteiger partial charge is 0.0415 e. The quantitative estimate of drug-likeness (QED) is 0.908. The normalized spacial score (nSPS) is 20.2. The van der Waals surface area contributed by atoms with Crippen molar-refractivity contribution in [3.8, 4) is 0 Å². The van der Waals surface area contributed by atoms with E-state index < -0.39 is 0 Å². The predicted molar refractivity (Wildman–Crippen MR) is 81.9 cm³/mol. The molecular formula is C15H23BrN2. The highest BCUT2D eigenvalue weighted by molar-refractivity contribution is 9.10. The molecule has 0 aromatic heterocycles. The first-order valence-electron chi connectivity index (χ1n) is 7.01. The van der Waals surface area contributed by atoms with Crippen molar-refractivity contribution in [1.29, 1.82) is 0 Å². The molecule has 0 amide bonds. The Morgan fingerprint density at radius 1 is 1.39 bits per heavy atom. The first-order chi connectivity index (χ1) is 8.76. The lowest BCUT2D eigenvalue weighted by Crippen LogP contribution is -2.40. The van der Waals surface area contributed by atoms with E-state index in [1.165, 1.54) is 49.9 Å². The number of nitrogens with zero attached hydrogens (tertiary/aromatic N) is 1. The molecule has 1 fully saturated rings. The molecule has 1 atom stereocenters. The van der Waals surface area contributed by atoms with Crippen molar-refractivity contribution < 1.29 is 0 Å². The maximum Gasteiger partial charge on any atom is 0.0415 e. The SMILES string of the molecule is CCCC1CCCCN1c1ccc(Br)cc1CN. The van der Waals surface area contributed by atoms with Crippen LogP contribution in [0.1, 0.15) is 44.6 Å². The fourth-order valence-electron chi connectivity index (χ4n) is 2.95. The zero-order valence-electron chi connectivity index (χ0n) is 11.2. The van der Waals surface area contributed by atoms with Crippen LogP contribution in [0.15, 0.2) is 22.7 Å². The molecule has 18 heavy (non-hydrogen) atoms. The zero-order chi connectivity index (χ0) is 13.0. The third-order valence-corrected chi connectivity index (χ3v) is 4.31. The van der Waals surface area contributed by atoms with Crippen LogP contribution < -0.4 is 10.6 Å². The first-order valence-corrected chi connectivity index (χ1v) is 7.80. The van der Waals surface area contributed by atoms with E-state index in [1.54, 1.807) is 0 Å². The molecule has 1 unspecified atom stereocenters. The third kappa shape index (κ3) is 3.07. The molecule has 0 spiro atoms. The van der Waals surface area contributed by atoms with Crippen molar-refractivity contribution in [3.63, 3.8) is 0 Å². The van der Waals surface area contributed by atoms with Crippen molar-refractivity contribution >= 4 is 21.6 Å².